The van der Waals surface area contributed by atoms with Gasteiger partial charge < -0.3 is 10.1 Å². The number of benzene rings is 2. The van der Waals surface area contributed by atoms with Crippen LogP contribution in [-0.2, 0) is 23.4 Å². The van der Waals surface area contributed by atoms with Crippen LogP contribution in [0.1, 0.15) is 35.1 Å². The van der Waals surface area contributed by atoms with E-state index in [4.69, 9.17) is 4.74 Å². The summed E-state index contributed by atoms with van der Waals surface area (Å²) in [4.78, 5) is 11.9. The molecule has 0 aliphatic heterocycles. The predicted molar refractivity (Wildman–Crippen MR) is 109 cm³/mol. The number of fused-ring (bicyclic) bond motifs is 1. The van der Waals surface area contributed by atoms with Crippen LogP contribution < -0.4 is 10.1 Å². The zero-order chi connectivity index (χ0) is 18.2. The van der Waals surface area contributed by atoms with E-state index in [0.29, 0.717) is 6.54 Å². The number of amides is 1. The molecule has 0 unspecified atom stereocenters. The van der Waals surface area contributed by atoms with Gasteiger partial charge in [-0.15, -0.1) is 0 Å². The SMILES string of the molecule is Cc1ccc(CSCCNC(=O)COc2ccc3c(c2)CCCC3)cc1. The fraction of sp³-hybridized carbons (Fsp3) is 0.409. The summed E-state index contributed by atoms with van der Waals surface area (Å²) in [6, 6.07) is 14.8. The molecule has 1 aliphatic carbocycles. The third kappa shape index (κ3) is 5.80. The molecular formula is C22H27NO2S. The third-order valence-corrected chi connectivity index (χ3v) is 5.68. The maximum atomic E-state index is 11.9. The van der Waals surface area contributed by atoms with E-state index < -0.39 is 0 Å². The van der Waals surface area contributed by atoms with Gasteiger partial charge in [-0.1, -0.05) is 35.9 Å². The Morgan fingerprint density at radius 3 is 2.65 bits per heavy atom. The first-order chi connectivity index (χ1) is 12.7. The number of nitrogens with one attached hydrogen (secondary N) is 1. The van der Waals surface area contributed by atoms with Crippen molar-refractivity contribution in [1.82, 2.24) is 5.32 Å². The first-order valence-corrected chi connectivity index (χ1v) is 10.5. The molecule has 1 amide bonds. The van der Waals surface area contributed by atoms with Gasteiger partial charge in [0.05, 0.1) is 0 Å². The van der Waals surface area contributed by atoms with E-state index in [-0.39, 0.29) is 12.5 Å². The minimum atomic E-state index is -0.0568. The van der Waals surface area contributed by atoms with Gasteiger partial charge in [-0.05, 0) is 61.4 Å². The van der Waals surface area contributed by atoms with Crippen LogP contribution in [0.4, 0.5) is 0 Å². The number of aryl methyl sites for hydroxylation is 3. The molecule has 0 radical (unpaired) electrons. The zero-order valence-electron chi connectivity index (χ0n) is 15.4. The van der Waals surface area contributed by atoms with Crippen LogP contribution in [0.15, 0.2) is 42.5 Å². The van der Waals surface area contributed by atoms with Gasteiger partial charge in [-0.2, -0.15) is 11.8 Å². The van der Waals surface area contributed by atoms with Crippen molar-refractivity contribution in [1.29, 1.82) is 0 Å². The highest BCUT2D eigenvalue weighted by atomic mass is 32.2. The Labute approximate surface area is 160 Å². The Morgan fingerprint density at radius 2 is 1.85 bits per heavy atom. The Hall–Kier alpha value is -1.94. The molecule has 1 N–H and O–H groups in total. The summed E-state index contributed by atoms with van der Waals surface area (Å²) in [7, 11) is 0. The highest BCUT2D eigenvalue weighted by Crippen LogP contribution is 2.25. The minimum absolute atomic E-state index is 0.0568. The number of carbonyl (C=O) groups excluding carboxylic acids is 1. The van der Waals surface area contributed by atoms with Crippen molar-refractivity contribution in [3.05, 3.63) is 64.7 Å². The predicted octanol–water partition coefficient (Wildman–Crippen LogP) is 4.30. The molecule has 2 aromatic carbocycles. The van der Waals surface area contributed by atoms with Crippen molar-refractivity contribution in [2.24, 2.45) is 0 Å². The van der Waals surface area contributed by atoms with Gasteiger partial charge in [0.15, 0.2) is 6.61 Å². The number of ether oxygens (including phenoxy) is 1. The number of hydrogen-bond acceptors (Lipinski definition) is 3. The van der Waals surface area contributed by atoms with Crippen molar-refractivity contribution in [2.75, 3.05) is 18.9 Å². The number of carbonyl (C=O) groups is 1. The molecule has 138 valence electrons. The third-order valence-electron chi connectivity index (χ3n) is 4.65. The lowest BCUT2D eigenvalue weighted by Crippen LogP contribution is -2.30. The lowest BCUT2D eigenvalue weighted by Gasteiger charge is -2.16. The van der Waals surface area contributed by atoms with Crippen LogP contribution in [0.5, 0.6) is 5.75 Å². The first kappa shape index (κ1) is 18.8. The van der Waals surface area contributed by atoms with Crippen LogP contribution in [0.3, 0.4) is 0 Å². The topological polar surface area (TPSA) is 38.3 Å². The fourth-order valence-electron chi connectivity index (χ4n) is 3.14. The molecule has 0 atom stereocenters. The van der Waals surface area contributed by atoms with E-state index in [0.717, 1.165) is 30.1 Å². The van der Waals surface area contributed by atoms with Crippen molar-refractivity contribution in [2.45, 2.75) is 38.4 Å². The largest absolute Gasteiger partial charge is 0.484 e. The van der Waals surface area contributed by atoms with Gasteiger partial charge in [0.2, 0.25) is 0 Å². The molecule has 0 bridgehead atoms. The van der Waals surface area contributed by atoms with E-state index in [1.54, 1.807) is 0 Å². The van der Waals surface area contributed by atoms with Crippen LogP contribution in [0, 0.1) is 6.92 Å². The summed E-state index contributed by atoms with van der Waals surface area (Å²) in [5, 5.41) is 2.93. The molecule has 0 saturated heterocycles. The monoisotopic (exact) mass is 369 g/mol. The summed E-state index contributed by atoms with van der Waals surface area (Å²) in [5.41, 5.74) is 5.41. The van der Waals surface area contributed by atoms with Gasteiger partial charge in [0.1, 0.15) is 5.75 Å². The lowest BCUT2D eigenvalue weighted by molar-refractivity contribution is -0.122. The van der Waals surface area contributed by atoms with Gasteiger partial charge in [0.25, 0.3) is 5.91 Å². The van der Waals surface area contributed by atoms with E-state index in [2.05, 4.69) is 48.6 Å². The molecule has 3 nitrogen and oxygen atoms in total. The summed E-state index contributed by atoms with van der Waals surface area (Å²) in [6.07, 6.45) is 4.81. The second kappa shape index (κ2) is 9.67. The maximum absolute atomic E-state index is 11.9. The number of thioether (sulfide) groups is 1. The Morgan fingerprint density at radius 1 is 1.08 bits per heavy atom. The molecule has 26 heavy (non-hydrogen) atoms. The van der Waals surface area contributed by atoms with Crippen molar-refractivity contribution >= 4 is 17.7 Å². The summed E-state index contributed by atoms with van der Waals surface area (Å²) < 4.78 is 5.65. The summed E-state index contributed by atoms with van der Waals surface area (Å²) >= 11 is 1.83. The Bertz CT molecular complexity index is 727. The average Bonchev–Trinajstić information content (AvgIpc) is 2.67. The smallest absolute Gasteiger partial charge is 0.257 e. The molecular weight excluding hydrogens is 342 g/mol. The highest BCUT2D eigenvalue weighted by Gasteiger charge is 2.10. The molecule has 4 heteroatoms. The lowest BCUT2D eigenvalue weighted by atomic mass is 9.92. The molecule has 0 spiro atoms. The van der Waals surface area contributed by atoms with E-state index in [1.165, 1.54) is 35.1 Å². The molecule has 0 fully saturated rings. The van der Waals surface area contributed by atoms with Crippen LogP contribution in [-0.4, -0.2) is 24.8 Å². The zero-order valence-corrected chi connectivity index (χ0v) is 16.2. The first-order valence-electron chi connectivity index (χ1n) is 9.35. The van der Waals surface area contributed by atoms with Crippen LogP contribution in [0.25, 0.3) is 0 Å². The second-order valence-corrected chi connectivity index (χ2v) is 7.92. The second-order valence-electron chi connectivity index (χ2n) is 6.81. The average molecular weight is 370 g/mol. The van der Waals surface area contributed by atoms with Crippen LogP contribution in [0.2, 0.25) is 0 Å². The number of hydrogen-bond donors (Lipinski definition) is 1. The Kier molecular flexibility index (Phi) is 7.01. The quantitative estimate of drug-likeness (QED) is 0.705. The van der Waals surface area contributed by atoms with E-state index in [1.807, 2.05) is 17.8 Å². The van der Waals surface area contributed by atoms with E-state index >= 15 is 0 Å². The van der Waals surface area contributed by atoms with Crippen molar-refractivity contribution < 1.29 is 9.53 Å². The van der Waals surface area contributed by atoms with Crippen molar-refractivity contribution in [3.63, 3.8) is 0 Å². The normalized spacial score (nSPS) is 13.1. The standard InChI is InChI=1S/C22H27NO2S/c1-17-6-8-18(9-7-17)16-26-13-12-23-22(24)15-25-21-11-10-19-4-2-3-5-20(19)14-21/h6-11,14H,2-5,12-13,15-16H2,1H3,(H,23,24). The molecule has 0 aromatic heterocycles. The van der Waals surface area contributed by atoms with Crippen molar-refractivity contribution in [3.8, 4) is 5.75 Å². The molecule has 3 rings (SSSR count). The minimum Gasteiger partial charge on any atom is -0.484 e. The fourth-order valence-corrected chi connectivity index (χ4v) is 3.96. The summed E-state index contributed by atoms with van der Waals surface area (Å²) in [6.45, 7) is 2.85. The highest BCUT2D eigenvalue weighted by molar-refractivity contribution is 7.98. The van der Waals surface area contributed by atoms with Gasteiger partial charge in [0, 0.05) is 18.1 Å². The molecule has 2 aromatic rings. The Balaban J connectivity index is 1.31. The summed E-state index contributed by atoms with van der Waals surface area (Å²) in [5.74, 6) is 2.62. The van der Waals surface area contributed by atoms with E-state index in [9.17, 15) is 4.79 Å². The van der Waals surface area contributed by atoms with Gasteiger partial charge in [-0.3, -0.25) is 4.79 Å². The van der Waals surface area contributed by atoms with Crippen LogP contribution >= 0.6 is 11.8 Å². The van der Waals surface area contributed by atoms with Gasteiger partial charge in [-0.25, -0.2) is 0 Å². The molecule has 1 aliphatic rings. The maximum Gasteiger partial charge on any atom is 0.257 e. The number of rotatable bonds is 8. The van der Waals surface area contributed by atoms with Gasteiger partial charge >= 0.3 is 0 Å². The molecule has 0 heterocycles. The molecule has 0 saturated carbocycles.